The van der Waals surface area contributed by atoms with E-state index >= 15 is 0 Å². The number of aromatic nitrogens is 2. The van der Waals surface area contributed by atoms with Crippen LogP contribution in [0.1, 0.15) is 56.4 Å². The molecule has 2 rings (SSSR count). The van der Waals surface area contributed by atoms with E-state index in [1.165, 1.54) is 12.8 Å². The number of hydrogen-bond donors (Lipinski definition) is 2. The molecule has 2 unspecified atom stereocenters. The second-order valence-corrected chi connectivity index (χ2v) is 5.67. The van der Waals surface area contributed by atoms with Crippen LogP contribution in [0.15, 0.2) is 12.1 Å². The SMILES string of the molecule is CCCNc1ccc(C(=O)NC2CCCC(C)C2)nn1. The Bertz CT molecular complexity index is 432. The summed E-state index contributed by atoms with van der Waals surface area (Å²) in [6.07, 6.45) is 5.63. The molecular weight excluding hydrogens is 252 g/mol. The molecule has 0 bridgehead atoms. The van der Waals surface area contributed by atoms with Crippen LogP contribution in [-0.2, 0) is 0 Å². The molecule has 2 atom stereocenters. The van der Waals surface area contributed by atoms with Crippen LogP contribution in [0.4, 0.5) is 5.82 Å². The molecule has 1 aliphatic carbocycles. The number of carbonyl (C=O) groups excluding carboxylic acids is 1. The Morgan fingerprint density at radius 1 is 1.35 bits per heavy atom. The largest absolute Gasteiger partial charge is 0.369 e. The molecule has 0 radical (unpaired) electrons. The third-order valence-electron chi connectivity index (χ3n) is 3.72. The number of hydrogen-bond acceptors (Lipinski definition) is 4. The average molecular weight is 276 g/mol. The van der Waals surface area contributed by atoms with E-state index in [0.717, 1.165) is 31.6 Å². The maximum absolute atomic E-state index is 12.1. The molecule has 1 fully saturated rings. The number of nitrogens with zero attached hydrogens (tertiary/aromatic N) is 2. The second kappa shape index (κ2) is 7.22. The zero-order valence-corrected chi connectivity index (χ0v) is 12.4. The normalized spacial score (nSPS) is 22.3. The third kappa shape index (κ3) is 4.18. The van der Waals surface area contributed by atoms with Gasteiger partial charge in [-0.25, -0.2) is 0 Å². The summed E-state index contributed by atoms with van der Waals surface area (Å²) in [5.41, 5.74) is 0.394. The molecule has 5 nitrogen and oxygen atoms in total. The van der Waals surface area contributed by atoms with Gasteiger partial charge in [0, 0.05) is 12.6 Å². The van der Waals surface area contributed by atoms with Crippen molar-refractivity contribution in [2.75, 3.05) is 11.9 Å². The van der Waals surface area contributed by atoms with Crippen LogP contribution in [0.2, 0.25) is 0 Å². The van der Waals surface area contributed by atoms with Crippen LogP contribution in [0, 0.1) is 5.92 Å². The molecule has 110 valence electrons. The number of anilines is 1. The Hall–Kier alpha value is -1.65. The molecule has 0 aliphatic heterocycles. The number of carbonyl (C=O) groups is 1. The molecule has 20 heavy (non-hydrogen) atoms. The lowest BCUT2D eigenvalue weighted by atomic mass is 9.87. The monoisotopic (exact) mass is 276 g/mol. The Kier molecular flexibility index (Phi) is 5.32. The molecule has 2 N–H and O–H groups in total. The Morgan fingerprint density at radius 3 is 2.85 bits per heavy atom. The van der Waals surface area contributed by atoms with Gasteiger partial charge in [0.1, 0.15) is 5.82 Å². The number of nitrogens with one attached hydrogen (secondary N) is 2. The van der Waals surface area contributed by atoms with Gasteiger partial charge in [0.2, 0.25) is 0 Å². The van der Waals surface area contributed by atoms with Crippen molar-refractivity contribution in [1.82, 2.24) is 15.5 Å². The highest BCUT2D eigenvalue weighted by Gasteiger charge is 2.21. The van der Waals surface area contributed by atoms with Gasteiger partial charge in [-0.15, -0.1) is 10.2 Å². The van der Waals surface area contributed by atoms with Crippen LogP contribution < -0.4 is 10.6 Å². The van der Waals surface area contributed by atoms with E-state index in [1.54, 1.807) is 12.1 Å². The van der Waals surface area contributed by atoms with Crippen molar-refractivity contribution in [3.8, 4) is 0 Å². The number of rotatable bonds is 5. The summed E-state index contributed by atoms with van der Waals surface area (Å²) in [6, 6.07) is 3.82. The van der Waals surface area contributed by atoms with Gasteiger partial charge in [0.05, 0.1) is 0 Å². The summed E-state index contributed by atoms with van der Waals surface area (Å²) < 4.78 is 0. The van der Waals surface area contributed by atoms with Gasteiger partial charge in [0.15, 0.2) is 5.69 Å². The summed E-state index contributed by atoms with van der Waals surface area (Å²) in [5.74, 6) is 1.30. The van der Waals surface area contributed by atoms with Crippen LogP contribution in [0.25, 0.3) is 0 Å². The summed E-state index contributed by atoms with van der Waals surface area (Å²) >= 11 is 0. The first kappa shape index (κ1) is 14.8. The fourth-order valence-corrected chi connectivity index (χ4v) is 2.63. The zero-order chi connectivity index (χ0) is 14.4. The molecule has 1 amide bonds. The molecule has 1 aromatic heterocycles. The van der Waals surface area contributed by atoms with Crippen molar-refractivity contribution in [3.05, 3.63) is 17.8 Å². The van der Waals surface area contributed by atoms with Crippen molar-refractivity contribution >= 4 is 11.7 Å². The first-order valence-electron chi connectivity index (χ1n) is 7.57. The average Bonchev–Trinajstić information content (AvgIpc) is 2.45. The maximum Gasteiger partial charge on any atom is 0.272 e. The Morgan fingerprint density at radius 2 is 2.20 bits per heavy atom. The molecule has 5 heteroatoms. The third-order valence-corrected chi connectivity index (χ3v) is 3.72. The van der Waals surface area contributed by atoms with Gasteiger partial charge in [-0.05, 0) is 37.3 Å². The topological polar surface area (TPSA) is 66.9 Å². The highest BCUT2D eigenvalue weighted by molar-refractivity contribution is 5.92. The predicted molar refractivity (Wildman–Crippen MR) is 79.7 cm³/mol. The van der Waals surface area contributed by atoms with Crippen molar-refractivity contribution < 1.29 is 4.79 Å². The predicted octanol–water partition coefficient (Wildman–Crippen LogP) is 2.61. The Labute approximate surface area is 120 Å². The molecule has 1 aliphatic rings. The van der Waals surface area contributed by atoms with Crippen LogP contribution >= 0.6 is 0 Å². The fraction of sp³-hybridized carbons (Fsp3) is 0.667. The zero-order valence-electron chi connectivity index (χ0n) is 12.4. The van der Waals surface area contributed by atoms with Crippen molar-refractivity contribution in [2.24, 2.45) is 5.92 Å². The summed E-state index contributed by atoms with van der Waals surface area (Å²) in [6.45, 7) is 5.19. The first-order chi connectivity index (χ1) is 9.69. The van der Waals surface area contributed by atoms with Gasteiger partial charge >= 0.3 is 0 Å². The van der Waals surface area contributed by atoms with E-state index in [9.17, 15) is 4.79 Å². The minimum Gasteiger partial charge on any atom is -0.369 e. The Balaban J connectivity index is 1.88. The molecule has 1 saturated carbocycles. The van der Waals surface area contributed by atoms with Crippen molar-refractivity contribution in [3.63, 3.8) is 0 Å². The standard InChI is InChI=1S/C15H24N4O/c1-3-9-16-14-8-7-13(18-19-14)15(20)17-12-6-4-5-11(2)10-12/h7-8,11-12H,3-6,9-10H2,1-2H3,(H,16,19)(H,17,20). The highest BCUT2D eigenvalue weighted by Crippen LogP contribution is 2.23. The van der Waals surface area contributed by atoms with Crippen LogP contribution in [-0.4, -0.2) is 28.7 Å². The summed E-state index contributed by atoms with van der Waals surface area (Å²) in [4.78, 5) is 12.1. The molecule has 0 spiro atoms. The van der Waals surface area contributed by atoms with E-state index < -0.39 is 0 Å². The molecular formula is C15H24N4O. The summed E-state index contributed by atoms with van der Waals surface area (Å²) in [5, 5.41) is 14.2. The lowest BCUT2D eigenvalue weighted by molar-refractivity contribution is 0.0915. The lowest BCUT2D eigenvalue weighted by Crippen LogP contribution is -2.38. The number of amides is 1. The van der Waals surface area contributed by atoms with Gasteiger partial charge in [-0.2, -0.15) is 0 Å². The van der Waals surface area contributed by atoms with Gasteiger partial charge in [0.25, 0.3) is 5.91 Å². The maximum atomic E-state index is 12.1. The second-order valence-electron chi connectivity index (χ2n) is 5.67. The van der Waals surface area contributed by atoms with Crippen LogP contribution in [0.3, 0.4) is 0 Å². The molecule has 0 aromatic carbocycles. The lowest BCUT2D eigenvalue weighted by Gasteiger charge is -2.27. The van der Waals surface area contributed by atoms with E-state index in [4.69, 9.17) is 0 Å². The summed E-state index contributed by atoms with van der Waals surface area (Å²) in [7, 11) is 0. The smallest absolute Gasteiger partial charge is 0.272 e. The van der Waals surface area contributed by atoms with E-state index in [1.807, 2.05) is 0 Å². The van der Waals surface area contributed by atoms with Gasteiger partial charge in [-0.1, -0.05) is 26.7 Å². The molecule has 1 aromatic rings. The van der Waals surface area contributed by atoms with Crippen LogP contribution in [0.5, 0.6) is 0 Å². The molecule has 1 heterocycles. The van der Waals surface area contributed by atoms with E-state index in [-0.39, 0.29) is 11.9 Å². The van der Waals surface area contributed by atoms with Crippen molar-refractivity contribution in [2.45, 2.75) is 52.0 Å². The molecule has 0 saturated heterocycles. The van der Waals surface area contributed by atoms with E-state index in [2.05, 4.69) is 34.7 Å². The van der Waals surface area contributed by atoms with E-state index in [0.29, 0.717) is 11.6 Å². The first-order valence-corrected chi connectivity index (χ1v) is 7.57. The fourth-order valence-electron chi connectivity index (χ4n) is 2.63. The highest BCUT2D eigenvalue weighted by atomic mass is 16.2. The minimum absolute atomic E-state index is 0.112. The van der Waals surface area contributed by atoms with Gasteiger partial charge in [-0.3, -0.25) is 4.79 Å². The minimum atomic E-state index is -0.112. The van der Waals surface area contributed by atoms with Crippen molar-refractivity contribution in [1.29, 1.82) is 0 Å². The van der Waals surface area contributed by atoms with Gasteiger partial charge < -0.3 is 10.6 Å². The quantitative estimate of drug-likeness (QED) is 0.867.